The van der Waals surface area contributed by atoms with Crippen LogP contribution in [-0.2, 0) is 17.9 Å². The highest BCUT2D eigenvalue weighted by Gasteiger charge is 2.32. The maximum atomic E-state index is 13.0. The molecule has 0 bridgehead atoms. The van der Waals surface area contributed by atoms with Gasteiger partial charge >= 0.3 is 0 Å². The molecule has 154 valence electrons. The van der Waals surface area contributed by atoms with E-state index in [1.165, 1.54) is 5.56 Å². The van der Waals surface area contributed by atoms with Crippen molar-refractivity contribution >= 4 is 17.2 Å². The number of nitrogens with one attached hydrogen (secondary N) is 1. The molecule has 1 aliphatic rings. The fraction of sp³-hybridized carbons (Fsp3) is 0.619. The molecule has 0 fully saturated rings. The van der Waals surface area contributed by atoms with Gasteiger partial charge in [0.1, 0.15) is 5.82 Å². The minimum Gasteiger partial charge on any atom is -0.354 e. The van der Waals surface area contributed by atoms with E-state index in [1.807, 2.05) is 26.2 Å². The second kappa shape index (κ2) is 9.20. The highest BCUT2D eigenvalue weighted by Crippen LogP contribution is 2.24. The predicted molar refractivity (Wildman–Crippen MR) is 114 cm³/mol. The van der Waals surface area contributed by atoms with Crippen molar-refractivity contribution in [1.29, 1.82) is 0 Å². The lowest BCUT2D eigenvalue weighted by Crippen LogP contribution is -2.48. The second-order valence-corrected chi connectivity index (χ2v) is 8.92. The van der Waals surface area contributed by atoms with Crippen molar-refractivity contribution in [1.82, 2.24) is 24.7 Å². The monoisotopic (exact) mass is 403 g/mol. The van der Waals surface area contributed by atoms with Crippen LogP contribution in [0.3, 0.4) is 0 Å². The van der Waals surface area contributed by atoms with E-state index in [0.29, 0.717) is 6.54 Å². The topological polar surface area (TPSA) is 53.4 Å². The van der Waals surface area contributed by atoms with E-state index in [9.17, 15) is 4.79 Å². The first kappa shape index (κ1) is 21.0. The lowest BCUT2D eigenvalue weighted by molar-refractivity contribution is -0.130. The van der Waals surface area contributed by atoms with E-state index in [4.69, 9.17) is 0 Å². The van der Waals surface area contributed by atoms with Crippen LogP contribution in [0, 0.1) is 5.41 Å². The molecule has 1 N–H and O–H groups in total. The van der Waals surface area contributed by atoms with Gasteiger partial charge in [-0.05, 0) is 49.3 Å². The zero-order chi connectivity index (χ0) is 20.1. The summed E-state index contributed by atoms with van der Waals surface area (Å²) in [5.41, 5.74) is 0.840. The second-order valence-electron chi connectivity index (χ2n) is 8.14. The molecule has 1 aliphatic heterocycles. The lowest BCUT2D eigenvalue weighted by atomic mass is 9.91. The van der Waals surface area contributed by atoms with Gasteiger partial charge in [0.05, 0.1) is 18.0 Å². The first-order valence-corrected chi connectivity index (χ1v) is 11.2. The zero-order valence-electron chi connectivity index (χ0n) is 17.5. The van der Waals surface area contributed by atoms with E-state index in [-0.39, 0.29) is 11.9 Å². The third kappa shape index (κ3) is 4.82. The Labute approximate surface area is 172 Å². The van der Waals surface area contributed by atoms with Crippen LogP contribution in [0.4, 0.5) is 0 Å². The third-order valence-electron chi connectivity index (χ3n) is 5.69. The molecular weight excluding hydrogens is 370 g/mol. The van der Waals surface area contributed by atoms with Gasteiger partial charge in [0.25, 0.3) is 0 Å². The Hall–Kier alpha value is -1.70. The Morgan fingerprint density at radius 2 is 2.14 bits per heavy atom. The van der Waals surface area contributed by atoms with Crippen LogP contribution in [0.2, 0.25) is 0 Å². The molecule has 0 unspecified atom stereocenters. The van der Waals surface area contributed by atoms with Gasteiger partial charge in [-0.1, -0.05) is 13.8 Å². The van der Waals surface area contributed by atoms with Gasteiger partial charge in [-0.25, -0.2) is 4.98 Å². The Bertz CT molecular complexity index is 751. The summed E-state index contributed by atoms with van der Waals surface area (Å²) < 4.78 is 2.19. The minimum atomic E-state index is -0.447. The van der Waals surface area contributed by atoms with Crippen molar-refractivity contribution in [2.75, 3.05) is 32.7 Å². The van der Waals surface area contributed by atoms with Crippen molar-refractivity contribution in [2.45, 2.75) is 46.8 Å². The number of rotatable bonds is 9. The molecule has 2 aromatic heterocycles. The van der Waals surface area contributed by atoms with Gasteiger partial charge in [-0.15, -0.1) is 0 Å². The molecule has 3 rings (SSSR count). The molecule has 0 aliphatic carbocycles. The van der Waals surface area contributed by atoms with E-state index in [1.54, 1.807) is 11.3 Å². The number of thiophene rings is 1. The summed E-state index contributed by atoms with van der Waals surface area (Å²) in [6.45, 7) is 14.5. The van der Waals surface area contributed by atoms with E-state index in [2.05, 4.69) is 55.3 Å². The highest BCUT2D eigenvalue weighted by atomic mass is 32.1. The lowest BCUT2D eigenvalue weighted by Gasteiger charge is -2.35. The summed E-state index contributed by atoms with van der Waals surface area (Å²) in [6, 6.07) is 2.39. The number of hydrogen-bond donors (Lipinski definition) is 1. The average Bonchev–Trinajstić information content (AvgIpc) is 3.35. The van der Waals surface area contributed by atoms with Crippen molar-refractivity contribution in [3.8, 4) is 0 Å². The number of amides is 1. The number of hydrogen-bond acceptors (Lipinski definition) is 5. The molecule has 0 saturated heterocycles. The smallest absolute Gasteiger partial charge is 0.227 e. The van der Waals surface area contributed by atoms with Crippen LogP contribution in [0.15, 0.2) is 29.2 Å². The van der Waals surface area contributed by atoms with Gasteiger partial charge in [-0.2, -0.15) is 11.3 Å². The fourth-order valence-corrected chi connectivity index (χ4v) is 4.71. The van der Waals surface area contributed by atoms with E-state index < -0.39 is 5.41 Å². The van der Waals surface area contributed by atoms with Gasteiger partial charge in [0, 0.05) is 38.6 Å². The Balaban J connectivity index is 1.59. The van der Waals surface area contributed by atoms with Crippen LogP contribution in [0.1, 0.15) is 45.1 Å². The first-order valence-electron chi connectivity index (χ1n) is 10.2. The number of nitrogens with zero attached hydrogens (tertiary/aromatic N) is 4. The Morgan fingerprint density at radius 3 is 2.82 bits per heavy atom. The first-order chi connectivity index (χ1) is 13.4. The summed E-state index contributed by atoms with van der Waals surface area (Å²) in [6.07, 6.45) is 3.89. The quantitative estimate of drug-likeness (QED) is 0.699. The SMILES string of the molecule is CCN(CC)[C@H](CNC(=O)C(C)(C)CN1CCn2ccnc2C1)c1ccsc1. The molecule has 0 aromatic carbocycles. The maximum absolute atomic E-state index is 13.0. The molecule has 0 radical (unpaired) electrons. The molecule has 1 amide bonds. The van der Waals surface area contributed by atoms with Crippen molar-refractivity contribution < 1.29 is 4.79 Å². The van der Waals surface area contributed by atoms with Gasteiger partial charge in [0.15, 0.2) is 0 Å². The van der Waals surface area contributed by atoms with Crippen LogP contribution < -0.4 is 5.32 Å². The van der Waals surface area contributed by atoms with Gasteiger partial charge in [-0.3, -0.25) is 14.6 Å². The van der Waals surface area contributed by atoms with Crippen molar-refractivity contribution in [3.63, 3.8) is 0 Å². The van der Waals surface area contributed by atoms with Crippen LogP contribution in [0.25, 0.3) is 0 Å². The van der Waals surface area contributed by atoms with Gasteiger partial charge < -0.3 is 9.88 Å². The zero-order valence-corrected chi connectivity index (χ0v) is 18.3. The molecule has 28 heavy (non-hydrogen) atoms. The van der Waals surface area contributed by atoms with Crippen LogP contribution >= 0.6 is 11.3 Å². The summed E-state index contributed by atoms with van der Waals surface area (Å²) in [7, 11) is 0. The van der Waals surface area contributed by atoms with Gasteiger partial charge in [0.2, 0.25) is 5.91 Å². The Morgan fingerprint density at radius 1 is 1.36 bits per heavy atom. The Kier molecular flexibility index (Phi) is 6.91. The molecule has 0 spiro atoms. The molecule has 6 nitrogen and oxygen atoms in total. The largest absolute Gasteiger partial charge is 0.354 e. The normalized spacial score (nSPS) is 16.2. The molecule has 1 atom stereocenters. The minimum absolute atomic E-state index is 0.119. The van der Waals surface area contributed by atoms with Crippen LogP contribution in [-0.4, -0.2) is 58.0 Å². The number of carbonyl (C=O) groups excluding carboxylic acids is 1. The van der Waals surface area contributed by atoms with Crippen molar-refractivity contribution in [3.05, 3.63) is 40.6 Å². The number of carbonyl (C=O) groups is 1. The summed E-state index contributed by atoms with van der Waals surface area (Å²) >= 11 is 1.71. The number of aromatic nitrogens is 2. The highest BCUT2D eigenvalue weighted by molar-refractivity contribution is 7.07. The summed E-state index contributed by atoms with van der Waals surface area (Å²) in [5.74, 6) is 1.20. The summed E-state index contributed by atoms with van der Waals surface area (Å²) in [4.78, 5) is 22.2. The van der Waals surface area contributed by atoms with E-state index in [0.717, 1.165) is 45.1 Å². The standard InChI is InChI=1S/C21H33N5OS/c1-5-25(6-2)18(17-7-12-28-15-17)13-23-20(27)21(3,4)16-24-10-11-26-9-8-22-19(26)14-24/h7-9,12,15,18H,5-6,10-11,13-14,16H2,1-4H3,(H,23,27)/t18-/m1/s1. The molecule has 2 aromatic rings. The predicted octanol–water partition coefficient (Wildman–Crippen LogP) is 2.99. The third-order valence-corrected chi connectivity index (χ3v) is 6.40. The summed E-state index contributed by atoms with van der Waals surface area (Å²) in [5, 5.41) is 7.54. The average molecular weight is 404 g/mol. The molecular formula is C21H33N5OS. The van der Waals surface area contributed by atoms with Crippen LogP contribution in [0.5, 0.6) is 0 Å². The van der Waals surface area contributed by atoms with E-state index >= 15 is 0 Å². The number of imidazole rings is 1. The molecule has 3 heterocycles. The number of fused-ring (bicyclic) bond motifs is 1. The number of likely N-dealkylation sites (N-methyl/N-ethyl adjacent to an activating group) is 1. The fourth-order valence-electron chi connectivity index (χ4n) is 4.00. The molecule has 7 heteroatoms. The molecule has 0 saturated carbocycles. The maximum Gasteiger partial charge on any atom is 0.227 e. The van der Waals surface area contributed by atoms with Crippen molar-refractivity contribution in [2.24, 2.45) is 5.41 Å².